The third-order valence-electron chi connectivity index (χ3n) is 0.763. The van der Waals surface area contributed by atoms with Gasteiger partial charge in [0.15, 0.2) is 0 Å². The van der Waals surface area contributed by atoms with Crippen LogP contribution in [0.2, 0.25) is 0 Å². The fraction of sp³-hybridized carbons (Fsp3) is 0.667. The lowest BCUT2D eigenvalue weighted by Gasteiger charge is -1.73. The standard InChI is InChI=1S/C3H6N4S2/c1-8-3-4-6-7(5-3)9-2/h1-2H3/p+1. The molecular formula is C3H7N4S2+. The maximum atomic E-state index is 4.02. The van der Waals surface area contributed by atoms with Gasteiger partial charge in [-0.3, -0.25) is 0 Å². The summed E-state index contributed by atoms with van der Waals surface area (Å²) in [5.41, 5.74) is 0. The molecule has 0 aliphatic rings. The van der Waals surface area contributed by atoms with Gasteiger partial charge in [-0.2, -0.15) is 0 Å². The molecule has 9 heavy (non-hydrogen) atoms. The summed E-state index contributed by atoms with van der Waals surface area (Å²) in [5.74, 6) is 0. The van der Waals surface area contributed by atoms with Gasteiger partial charge in [0.25, 0.3) is 0 Å². The Morgan fingerprint density at radius 3 is 2.67 bits per heavy atom. The minimum absolute atomic E-state index is 0.768. The van der Waals surface area contributed by atoms with Crippen LogP contribution in [0.5, 0.6) is 0 Å². The van der Waals surface area contributed by atoms with Gasteiger partial charge in [0.1, 0.15) is 11.9 Å². The van der Waals surface area contributed by atoms with E-state index < -0.39 is 0 Å². The summed E-state index contributed by atoms with van der Waals surface area (Å²) in [4.78, 5) is 0. The molecule has 0 unspecified atom stereocenters. The minimum Gasteiger partial charge on any atom is -0.0555 e. The number of thioether (sulfide) groups is 1. The van der Waals surface area contributed by atoms with Gasteiger partial charge in [0.05, 0.1) is 5.10 Å². The maximum absolute atomic E-state index is 4.02. The molecule has 1 aromatic rings. The van der Waals surface area contributed by atoms with Crippen molar-refractivity contribution in [2.45, 2.75) is 5.16 Å². The number of rotatable bonds is 2. The molecule has 6 heteroatoms. The van der Waals surface area contributed by atoms with Crippen LogP contribution in [-0.4, -0.2) is 27.9 Å². The average Bonchev–Trinajstić information content (AvgIpc) is 2.34. The Morgan fingerprint density at radius 1 is 1.56 bits per heavy atom. The number of hydrogen-bond acceptors (Lipinski definition) is 4. The summed E-state index contributed by atoms with van der Waals surface area (Å²) in [7, 11) is 0. The molecule has 0 spiro atoms. The van der Waals surface area contributed by atoms with E-state index in [1.54, 1.807) is 4.20 Å². The van der Waals surface area contributed by atoms with E-state index in [1.165, 1.54) is 23.7 Å². The van der Waals surface area contributed by atoms with Crippen molar-refractivity contribution in [2.75, 3.05) is 12.5 Å². The maximum Gasteiger partial charge on any atom is 0.366 e. The molecule has 0 radical (unpaired) electrons. The van der Waals surface area contributed by atoms with Crippen LogP contribution in [0.4, 0.5) is 0 Å². The Morgan fingerprint density at radius 2 is 2.33 bits per heavy atom. The van der Waals surface area contributed by atoms with Gasteiger partial charge in [0.2, 0.25) is 0 Å². The second-order valence-electron chi connectivity index (χ2n) is 1.25. The Kier molecular flexibility index (Phi) is 2.35. The van der Waals surface area contributed by atoms with Gasteiger partial charge >= 0.3 is 5.16 Å². The molecule has 0 bridgehead atoms. The summed E-state index contributed by atoms with van der Waals surface area (Å²) in [5, 5.41) is 11.4. The molecule has 4 nitrogen and oxygen atoms in total. The number of tetrazole rings is 1. The molecule has 0 fully saturated rings. The van der Waals surface area contributed by atoms with Crippen LogP contribution < -0.4 is 4.20 Å². The lowest BCUT2D eigenvalue weighted by Crippen LogP contribution is -2.29. The smallest absolute Gasteiger partial charge is 0.0555 e. The SMILES string of the molecule is CSc1n[nH][n+](SC)n1. The highest BCUT2D eigenvalue weighted by atomic mass is 32.2. The summed E-state index contributed by atoms with van der Waals surface area (Å²) < 4.78 is 1.60. The zero-order valence-corrected chi connectivity index (χ0v) is 6.79. The molecule has 0 amide bonds. The van der Waals surface area contributed by atoms with Crippen molar-refractivity contribution in [3.05, 3.63) is 0 Å². The number of nitrogens with one attached hydrogen (secondary N) is 1. The Balaban J connectivity index is 2.74. The van der Waals surface area contributed by atoms with Gasteiger partial charge in [-0.25, -0.2) is 0 Å². The van der Waals surface area contributed by atoms with Crippen molar-refractivity contribution >= 4 is 23.7 Å². The van der Waals surface area contributed by atoms with E-state index >= 15 is 0 Å². The molecule has 1 N–H and O–H groups in total. The number of aromatic amines is 1. The quantitative estimate of drug-likeness (QED) is 0.490. The number of aromatic nitrogens is 4. The first kappa shape index (κ1) is 6.88. The first-order valence-electron chi connectivity index (χ1n) is 2.30. The topological polar surface area (TPSA) is 45.5 Å². The van der Waals surface area contributed by atoms with E-state index in [-0.39, 0.29) is 0 Å². The van der Waals surface area contributed by atoms with Gasteiger partial charge < -0.3 is 0 Å². The predicted molar refractivity (Wildman–Crippen MR) is 37.3 cm³/mol. The Hall–Kier alpha value is -0.230. The fourth-order valence-electron chi connectivity index (χ4n) is 0.376. The van der Waals surface area contributed by atoms with Crippen molar-refractivity contribution in [1.82, 2.24) is 15.4 Å². The molecule has 0 aromatic carbocycles. The zero-order valence-electron chi connectivity index (χ0n) is 5.16. The molecule has 1 heterocycles. The van der Waals surface area contributed by atoms with Crippen LogP contribution in [0.1, 0.15) is 0 Å². The molecule has 1 rings (SSSR count). The fourth-order valence-corrected chi connectivity index (χ4v) is 1.00. The van der Waals surface area contributed by atoms with E-state index in [0.717, 1.165) is 5.16 Å². The summed E-state index contributed by atoms with van der Waals surface area (Å²) in [6.45, 7) is 0. The van der Waals surface area contributed by atoms with Crippen molar-refractivity contribution in [1.29, 1.82) is 0 Å². The minimum atomic E-state index is 0.768. The van der Waals surface area contributed by atoms with Gasteiger partial charge in [-0.15, -0.1) is 0 Å². The third-order valence-corrected chi connectivity index (χ3v) is 1.81. The number of H-pyrrole nitrogens is 1. The van der Waals surface area contributed by atoms with Gasteiger partial charge in [0, 0.05) is 15.6 Å². The van der Waals surface area contributed by atoms with Crippen LogP contribution in [0.25, 0.3) is 0 Å². The normalized spacial score (nSPS) is 10.0. The van der Waals surface area contributed by atoms with Gasteiger partial charge in [-0.1, -0.05) is 11.8 Å². The van der Waals surface area contributed by atoms with Crippen molar-refractivity contribution < 1.29 is 4.20 Å². The number of nitrogens with zero attached hydrogens (tertiary/aromatic N) is 3. The highest BCUT2D eigenvalue weighted by Gasteiger charge is 2.06. The first-order valence-corrected chi connectivity index (χ1v) is 4.70. The van der Waals surface area contributed by atoms with Crippen LogP contribution in [0, 0.1) is 0 Å². The molecule has 50 valence electrons. The van der Waals surface area contributed by atoms with Crippen LogP contribution in [-0.2, 0) is 0 Å². The highest BCUT2D eigenvalue weighted by molar-refractivity contribution is 7.98. The predicted octanol–water partition coefficient (Wildman–Crippen LogP) is -0.0598. The Labute approximate surface area is 61.5 Å². The van der Waals surface area contributed by atoms with Crippen LogP contribution in [0.3, 0.4) is 0 Å². The molecule has 0 atom stereocenters. The van der Waals surface area contributed by atoms with E-state index in [2.05, 4.69) is 15.4 Å². The largest absolute Gasteiger partial charge is 0.366 e. The second-order valence-corrected chi connectivity index (χ2v) is 2.74. The van der Waals surface area contributed by atoms with E-state index in [1.807, 2.05) is 12.5 Å². The van der Waals surface area contributed by atoms with E-state index in [0.29, 0.717) is 0 Å². The summed E-state index contributed by atoms with van der Waals surface area (Å²) in [6, 6.07) is 0. The monoisotopic (exact) mass is 163 g/mol. The van der Waals surface area contributed by atoms with Crippen molar-refractivity contribution in [2.24, 2.45) is 0 Å². The van der Waals surface area contributed by atoms with Crippen molar-refractivity contribution in [3.8, 4) is 0 Å². The number of hydrogen-bond donors (Lipinski definition) is 1. The molecule has 0 aliphatic heterocycles. The molecular weight excluding hydrogens is 156 g/mol. The van der Waals surface area contributed by atoms with Crippen molar-refractivity contribution in [3.63, 3.8) is 0 Å². The molecule has 0 saturated heterocycles. The average molecular weight is 163 g/mol. The van der Waals surface area contributed by atoms with Gasteiger partial charge in [-0.05, 0) is 11.5 Å². The lowest BCUT2D eigenvalue weighted by molar-refractivity contribution is -0.628. The van der Waals surface area contributed by atoms with Crippen LogP contribution in [0.15, 0.2) is 5.16 Å². The molecule has 1 aromatic heterocycles. The lowest BCUT2D eigenvalue weighted by atomic mass is 11.4. The highest BCUT2D eigenvalue weighted by Crippen LogP contribution is 2.01. The summed E-state index contributed by atoms with van der Waals surface area (Å²) >= 11 is 3.00. The zero-order chi connectivity index (χ0) is 6.69. The second kappa shape index (κ2) is 3.07. The summed E-state index contributed by atoms with van der Waals surface area (Å²) in [6.07, 6.45) is 3.86. The molecule has 0 saturated carbocycles. The Bertz CT molecular complexity index is 167. The van der Waals surface area contributed by atoms with E-state index in [4.69, 9.17) is 0 Å². The molecule has 0 aliphatic carbocycles. The first-order chi connectivity index (χ1) is 4.36. The van der Waals surface area contributed by atoms with E-state index in [9.17, 15) is 0 Å². The third kappa shape index (κ3) is 1.59. The van der Waals surface area contributed by atoms with Crippen LogP contribution >= 0.6 is 23.7 Å².